The lowest BCUT2D eigenvalue weighted by molar-refractivity contribution is -0.142. The number of carbonyl (C=O) groups is 2. The van der Waals surface area contributed by atoms with Crippen molar-refractivity contribution in [1.29, 1.82) is 0 Å². The number of nitrogens with one attached hydrogen (secondary N) is 1. The van der Waals surface area contributed by atoms with E-state index < -0.39 is 17.6 Å². The number of carboxylic acid groups (broad SMARTS) is 1. The molecule has 0 radical (unpaired) electrons. The molecule has 4 N–H and O–H groups in total. The summed E-state index contributed by atoms with van der Waals surface area (Å²) < 4.78 is 0. The SMILES string of the molecule is CSCC[C@@H](NC(=O)C(C)(N)C1CC1)C(=O)O. The van der Waals surface area contributed by atoms with Gasteiger partial charge < -0.3 is 16.2 Å². The summed E-state index contributed by atoms with van der Waals surface area (Å²) >= 11 is 1.55. The summed E-state index contributed by atoms with van der Waals surface area (Å²) in [6.45, 7) is 1.67. The maximum Gasteiger partial charge on any atom is 0.326 e. The van der Waals surface area contributed by atoms with Crippen molar-refractivity contribution < 1.29 is 14.7 Å². The number of hydrogen-bond acceptors (Lipinski definition) is 4. The van der Waals surface area contributed by atoms with Gasteiger partial charge in [0.15, 0.2) is 0 Å². The fourth-order valence-corrected chi connectivity index (χ4v) is 2.15. The Kier molecular flexibility index (Phi) is 4.82. The molecule has 0 aromatic carbocycles. The van der Waals surface area contributed by atoms with Gasteiger partial charge in [0.25, 0.3) is 0 Å². The van der Waals surface area contributed by atoms with Crippen LogP contribution in [0.2, 0.25) is 0 Å². The molecule has 0 aliphatic heterocycles. The minimum atomic E-state index is -1.00. The lowest BCUT2D eigenvalue weighted by atomic mass is 9.95. The maximum absolute atomic E-state index is 11.9. The molecular weight excluding hydrogens is 240 g/mol. The second-order valence-electron chi connectivity index (χ2n) is 4.70. The average Bonchev–Trinajstić information content (AvgIpc) is 3.06. The van der Waals surface area contributed by atoms with E-state index in [4.69, 9.17) is 10.8 Å². The van der Waals surface area contributed by atoms with E-state index in [2.05, 4.69) is 5.32 Å². The van der Waals surface area contributed by atoms with Crippen molar-refractivity contribution in [3.05, 3.63) is 0 Å². The highest BCUT2D eigenvalue weighted by atomic mass is 32.2. The lowest BCUT2D eigenvalue weighted by Crippen LogP contribution is -2.57. The summed E-state index contributed by atoms with van der Waals surface area (Å²) in [5, 5.41) is 11.5. The summed E-state index contributed by atoms with van der Waals surface area (Å²) in [4.78, 5) is 22.9. The first-order valence-electron chi connectivity index (χ1n) is 5.71. The number of carboxylic acids is 1. The van der Waals surface area contributed by atoms with Crippen LogP contribution < -0.4 is 11.1 Å². The van der Waals surface area contributed by atoms with Crippen LogP contribution in [-0.4, -0.2) is 40.6 Å². The van der Waals surface area contributed by atoms with Crippen molar-refractivity contribution in [2.75, 3.05) is 12.0 Å². The number of rotatable bonds is 7. The Morgan fingerprint density at radius 2 is 2.18 bits per heavy atom. The van der Waals surface area contributed by atoms with Gasteiger partial charge in [-0.15, -0.1) is 0 Å². The Hall–Kier alpha value is -0.750. The zero-order chi connectivity index (χ0) is 13.1. The van der Waals surface area contributed by atoms with E-state index in [0.29, 0.717) is 12.2 Å². The van der Waals surface area contributed by atoms with E-state index in [1.807, 2.05) is 6.26 Å². The third-order valence-corrected chi connectivity index (χ3v) is 3.77. The molecule has 1 rings (SSSR count). The van der Waals surface area contributed by atoms with Gasteiger partial charge in [-0.25, -0.2) is 4.79 Å². The van der Waals surface area contributed by atoms with Crippen molar-refractivity contribution in [1.82, 2.24) is 5.32 Å². The molecule has 1 aliphatic rings. The first-order chi connectivity index (χ1) is 7.89. The zero-order valence-electron chi connectivity index (χ0n) is 10.2. The maximum atomic E-state index is 11.9. The normalized spacial score (nSPS) is 20.4. The first kappa shape index (κ1) is 14.3. The van der Waals surface area contributed by atoms with Crippen molar-refractivity contribution in [3.63, 3.8) is 0 Å². The molecule has 0 spiro atoms. The van der Waals surface area contributed by atoms with E-state index in [0.717, 1.165) is 12.8 Å². The van der Waals surface area contributed by atoms with E-state index in [1.54, 1.807) is 18.7 Å². The summed E-state index contributed by atoms with van der Waals surface area (Å²) in [6.07, 6.45) is 4.22. The molecule has 1 saturated carbocycles. The Morgan fingerprint density at radius 3 is 2.59 bits per heavy atom. The van der Waals surface area contributed by atoms with Gasteiger partial charge in [0.2, 0.25) is 5.91 Å². The summed E-state index contributed by atoms with van der Waals surface area (Å²) in [5.74, 6) is -0.466. The second-order valence-corrected chi connectivity index (χ2v) is 5.69. The second kappa shape index (κ2) is 5.73. The minimum absolute atomic E-state index is 0.192. The van der Waals surface area contributed by atoms with Crippen LogP contribution in [0, 0.1) is 5.92 Å². The number of carbonyl (C=O) groups excluding carboxylic acids is 1. The number of thioether (sulfide) groups is 1. The molecule has 0 aromatic rings. The van der Waals surface area contributed by atoms with Gasteiger partial charge in [-0.2, -0.15) is 11.8 Å². The average molecular weight is 260 g/mol. The summed E-state index contributed by atoms with van der Waals surface area (Å²) in [5.41, 5.74) is 5.00. The van der Waals surface area contributed by atoms with Gasteiger partial charge in [-0.1, -0.05) is 0 Å². The molecule has 2 atom stereocenters. The van der Waals surface area contributed by atoms with Crippen LogP contribution in [0.15, 0.2) is 0 Å². The van der Waals surface area contributed by atoms with Crippen molar-refractivity contribution in [2.45, 2.75) is 37.8 Å². The van der Waals surface area contributed by atoms with E-state index in [1.165, 1.54) is 0 Å². The molecule has 0 heterocycles. The molecule has 0 bridgehead atoms. The Labute approximate surface area is 106 Å². The van der Waals surface area contributed by atoms with Crippen LogP contribution in [0.1, 0.15) is 26.2 Å². The highest BCUT2D eigenvalue weighted by Gasteiger charge is 2.44. The molecule has 0 aromatic heterocycles. The first-order valence-corrected chi connectivity index (χ1v) is 7.10. The predicted molar refractivity (Wildman–Crippen MR) is 67.9 cm³/mol. The number of amides is 1. The summed E-state index contributed by atoms with van der Waals surface area (Å²) in [7, 11) is 0. The minimum Gasteiger partial charge on any atom is -0.480 e. The Bertz CT molecular complexity index is 303. The van der Waals surface area contributed by atoms with Gasteiger partial charge in [-0.3, -0.25) is 4.79 Å². The topological polar surface area (TPSA) is 92.4 Å². The monoisotopic (exact) mass is 260 g/mol. The van der Waals surface area contributed by atoms with Crippen LogP contribution in [0.5, 0.6) is 0 Å². The van der Waals surface area contributed by atoms with Crippen LogP contribution in [0.4, 0.5) is 0 Å². The van der Waals surface area contributed by atoms with Gasteiger partial charge in [0.1, 0.15) is 6.04 Å². The molecule has 17 heavy (non-hydrogen) atoms. The molecule has 1 fully saturated rings. The fourth-order valence-electron chi connectivity index (χ4n) is 1.68. The third-order valence-electron chi connectivity index (χ3n) is 3.13. The van der Waals surface area contributed by atoms with E-state index in [-0.39, 0.29) is 11.8 Å². The van der Waals surface area contributed by atoms with Gasteiger partial charge in [0, 0.05) is 0 Å². The highest BCUT2D eigenvalue weighted by Crippen LogP contribution is 2.38. The van der Waals surface area contributed by atoms with Crippen molar-refractivity contribution in [3.8, 4) is 0 Å². The molecule has 1 amide bonds. The smallest absolute Gasteiger partial charge is 0.326 e. The molecule has 98 valence electrons. The third kappa shape index (κ3) is 3.89. The number of hydrogen-bond donors (Lipinski definition) is 3. The predicted octanol–water partition coefficient (Wildman–Crippen LogP) is 0.436. The largest absolute Gasteiger partial charge is 0.480 e. The molecule has 5 nitrogen and oxygen atoms in total. The fraction of sp³-hybridized carbons (Fsp3) is 0.818. The quantitative estimate of drug-likeness (QED) is 0.617. The van der Waals surface area contributed by atoms with Crippen molar-refractivity contribution >= 4 is 23.6 Å². The highest BCUT2D eigenvalue weighted by molar-refractivity contribution is 7.98. The van der Waals surface area contributed by atoms with Gasteiger partial charge in [0.05, 0.1) is 5.54 Å². The van der Waals surface area contributed by atoms with Gasteiger partial charge >= 0.3 is 5.97 Å². The summed E-state index contributed by atoms with van der Waals surface area (Å²) in [6, 6.07) is -0.837. The molecular formula is C11H20N2O3S. The van der Waals surface area contributed by atoms with Gasteiger partial charge in [-0.05, 0) is 44.1 Å². The van der Waals surface area contributed by atoms with E-state index in [9.17, 15) is 9.59 Å². The van der Waals surface area contributed by atoms with E-state index >= 15 is 0 Å². The van der Waals surface area contributed by atoms with Crippen LogP contribution in [-0.2, 0) is 9.59 Å². The number of aliphatic carboxylic acids is 1. The van der Waals surface area contributed by atoms with Crippen LogP contribution >= 0.6 is 11.8 Å². The lowest BCUT2D eigenvalue weighted by Gasteiger charge is -2.25. The Balaban J connectivity index is 2.53. The molecule has 1 aliphatic carbocycles. The molecule has 6 heteroatoms. The number of nitrogens with two attached hydrogens (primary N) is 1. The van der Waals surface area contributed by atoms with Crippen LogP contribution in [0.3, 0.4) is 0 Å². The molecule has 1 unspecified atom stereocenters. The Morgan fingerprint density at radius 1 is 1.59 bits per heavy atom. The zero-order valence-corrected chi connectivity index (χ0v) is 11.0. The van der Waals surface area contributed by atoms with Crippen LogP contribution in [0.25, 0.3) is 0 Å². The van der Waals surface area contributed by atoms with Crippen molar-refractivity contribution in [2.24, 2.45) is 11.7 Å². The standard InChI is InChI=1S/C11H20N2O3S/c1-11(12,7-3-4-7)10(16)13-8(9(14)15)5-6-17-2/h7-8H,3-6,12H2,1-2H3,(H,13,16)(H,14,15)/t8-,11?/m1/s1. The molecule has 0 saturated heterocycles.